The zero-order chi connectivity index (χ0) is 13.1. The van der Waals surface area contributed by atoms with E-state index in [1.807, 2.05) is 6.66 Å². The van der Waals surface area contributed by atoms with Crippen LogP contribution in [0.5, 0.6) is 0 Å². The Bertz CT molecular complexity index is 409. The molecule has 0 radical (unpaired) electrons. The van der Waals surface area contributed by atoms with Gasteiger partial charge in [0, 0.05) is 0 Å². The van der Waals surface area contributed by atoms with Crippen molar-refractivity contribution in [1.29, 1.82) is 0 Å². The molecular formula is C16H25Cl2HfSi. The van der Waals surface area contributed by atoms with E-state index in [2.05, 4.69) is 51.2 Å². The third-order valence-corrected chi connectivity index (χ3v) is 31.8. The normalized spacial score (nSPS) is 16.9. The van der Waals surface area contributed by atoms with Gasteiger partial charge in [0.05, 0.1) is 0 Å². The van der Waals surface area contributed by atoms with Crippen LogP contribution in [-0.4, -0.2) is 5.98 Å². The summed E-state index contributed by atoms with van der Waals surface area (Å²) in [6.07, 6.45) is 14.8. The Morgan fingerprint density at radius 3 is 1.60 bits per heavy atom. The molecule has 0 aromatic rings. The first-order chi connectivity index (χ1) is 8.69. The molecule has 0 spiro atoms. The second kappa shape index (κ2) is 9.60. The molecule has 0 aromatic carbocycles. The Labute approximate surface area is 145 Å². The van der Waals surface area contributed by atoms with Crippen LogP contribution in [0.2, 0.25) is 13.1 Å². The Morgan fingerprint density at radius 1 is 0.900 bits per heavy atom. The monoisotopic (exact) mass is 495 g/mol. The molecule has 0 heterocycles. The molecule has 0 aliphatic heterocycles. The molecule has 0 fully saturated rings. The summed E-state index contributed by atoms with van der Waals surface area (Å²) in [5.41, 5.74) is 3.43. The first-order valence-corrected chi connectivity index (χ1v) is 20.0. The molecule has 20 heavy (non-hydrogen) atoms. The fourth-order valence-electron chi connectivity index (χ4n) is 3.21. The summed E-state index contributed by atoms with van der Waals surface area (Å²) in [5, 5.41) is 0. The van der Waals surface area contributed by atoms with Gasteiger partial charge in [-0.3, -0.25) is 0 Å². The van der Waals surface area contributed by atoms with Gasteiger partial charge in [-0.05, 0) is 0 Å². The Morgan fingerprint density at radius 2 is 1.30 bits per heavy atom. The van der Waals surface area contributed by atoms with Crippen LogP contribution in [0.15, 0.2) is 42.1 Å². The van der Waals surface area contributed by atoms with Gasteiger partial charge in [0.2, 0.25) is 0 Å². The molecule has 2 aliphatic rings. The van der Waals surface area contributed by atoms with Crippen LogP contribution in [0.25, 0.3) is 0 Å². The van der Waals surface area contributed by atoms with Gasteiger partial charge in [0.15, 0.2) is 0 Å². The van der Waals surface area contributed by atoms with Crippen LogP contribution in [0.4, 0.5) is 0 Å². The molecule has 0 bridgehead atoms. The molecule has 0 saturated heterocycles. The average Bonchev–Trinajstić information content (AvgIpc) is 2.97. The van der Waals surface area contributed by atoms with Crippen molar-refractivity contribution in [3.8, 4) is 0 Å². The zero-order valence-corrected chi connectivity index (χ0v) is 19.2. The minimum Gasteiger partial charge on any atom is -1.00 e. The summed E-state index contributed by atoms with van der Waals surface area (Å²) < 4.78 is 3.93. The maximum atomic E-state index is 2.61. The van der Waals surface area contributed by atoms with Crippen molar-refractivity contribution in [2.24, 2.45) is 0 Å². The van der Waals surface area contributed by atoms with Gasteiger partial charge in [0.1, 0.15) is 0 Å². The van der Waals surface area contributed by atoms with Crippen molar-refractivity contribution in [3.63, 3.8) is 0 Å². The van der Waals surface area contributed by atoms with E-state index in [9.17, 15) is 0 Å². The third-order valence-electron chi connectivity index (χ3n) is 4.05. The van der Waals surface area contributed by atoms with E-state index in [1.54, 1.807) is 11.1 Å². The molecule has 0 unspecified atom stereocenters. The second-order valence-corrected chi connectivity index (χ2v) is 32.3. The van der Waals surface area contributed by atoms with E-state index >= 15 is 0 Å². The predicted molar refractivity (Wildman–Crippen MR) is 81.0 cm³/mol. The zero-order valence-electron chi connectivity index (χ0n) is 13.0. The van der Waals surface area contributed by atoms with E-state index in [-0.39, 0.29) is 24.8 Å². The maximum absolute atomic E-state index is 2.61. The molecular weight excluding hydrogens is 470 g/mol. The standard InChI is InChI=1S/2C7H9.C2H7Si.2ClH.Hf/c2*1-2-7-5-3-4-6-7;1-3-2;;;/h2*3,5H,2,4H2,1H3;3H,1-2H3;2*1H;/q;;;;;+2/p-2. The number of rotatable bonds is 5. The summed E-state index contributed by atoms with van der Waals surface area (Å²) in [4.78, 5) is 0. The summed E-state index contributed by atoms with van der Waals surface area (Å²) in [6, 6.07) is 0. The summed E-state index contributed by atoms with van der Waals surface area (Å²) in [6.45, 7) is 9.88. The van der Waals surface area contributed by atoms with Gasteiger partial charge in [-0.15, -0.1) is 0 Å². The van der Waals surface area contributed by atoms with E-state index in [1.165, 1.54) is 25.7 Å². The number of hydrogen-bond acceptors (Lipinski definition) is 0. The summed E-state index contributed by atoms with van der Waals surface area (Å²) in [7, 11) is 0. The van der Waals surface area contributed by atoms with E-state index < -0.39 is 26.6 Å². The molecule has 2 rings (SSSR count). The van der Waals surface area contributed by atoms with Gasteiger partial charge in [-0.1, -0.05) is 0 Å². The number of allylic oxidation sites excluding steroid dienone is 8. The topological polar surface area (TPSA) is 0 Å². The van der Waals surface area contributed by atoms with Gasteiger partial charge < -0.3 is 24.8 Å². The van der Waals surface area contributed by atoms with Crippen LogP contribution < -0.4 is 24.8 Å². The largest absolute Gasteiger partial charge is 1.00 e. The van der Waals surface area contributed by atoms with Crippen LogP contribution >= 0.6 is 0 Å². The second-order valence-electron chi connectivity index (χ2n) is 5.50. The maximum Gasteiger partial charge on any atom is -1.00 e. The minimum absolute atomic E-state index is 0. The van der Waals surface area contributed by atoms with Crippen LogP contribution in [0.1, 0.15) is 39.5 Å². The van der Waals surface area contributed by atoms with E-state index in [0.717, 1.165) is 0 Å². The molecule has 0 amide bonds. The smallest absolute Gasteiger partial charge is 1.00 e. The van der Waals surface area contributed by atoms with Crippen LogP contribution in [0, 0.1) is 0 Å². The van der Waals surface area contributed by atoms with Crippen LogP contribution in [-0.2, 0) is 20.6 Å². The first kappa shape index (κ1) is 20.6. The first-order valence-electron chi connectivity index (χ1n) is 7.33. The van der Waals surface area contributed by atoms with Crippen molar-refractivity contribution in [2.75, 3.05) is 0 Å². The average molecular weight is 495 g/mol. The molecule has 0 saturated carbocycles. The van der Waals surface area contributed by atoms with E-state index in [4.69, 9.17) is 0 Å². The van der Waals surface area contributed by atoms with Gasteiger partial charge >= 0.3 is 121 Å². The number of halogens is 2. The molecule has 0 N–H and O–H groups in total. The summed E-state index contributed by atoms with van der Waals surface area (Å²) >= 11 is -1.64. The Kier molecular flexibility index (Phi) is 9.91. The molecule has 2 aliphatic carbocycles. The van der Waals surface area contributed by atoms with Crippen molar-refractivity contribution in [3.05, 3.63) is 42.1 Å². The van der Waals surface area contributed by atoms with Gasteiger partial charge in [-0.25, -0.2) is 0 Å². The third kappa shape index (κ3) is 4.31. The SMILES string of the molecule is CCC1=[C]([Hf+2]([C]2=C(CC)C=CC2)[SiH](C)C)CC=C1.[Cl-].[Cl-]. The number of hydrogen-bond donors (Lipinski definition) is 0. The van der Waals surface area contributed by atoms with Crippen molar-refractivity contribution >= 4 is 5.98 Å². The molecule has 0 aromatic heterocycles. The Balaban J connectivity index is 0.00000180. The molecule has 0 atom stereocenters. The fourth-order valence-corrected chi connectivity index (χ4v) is 32.7. The van der Waals surface area contributed by atoms with Crippen LogP contribution in [0.3, 0.4) is 0 Å². The fraction of sp³-hybridized carbons (Fsp3) is 0.500. The quantitative estimate of drug-likeness (QED) is 0.423. The predicted octanol–water partition coefficient (Wildman–Crippen LogP) is -1.16. The molecule has 111 valence electrons. The van der Waals surface area contributed by atoms with Crippen molar-refractivity contribution in [2.45, 2.75) is 52.6 Å². The van der Waals surface area contributed by atoms with Crippen molar-refractivity contribution in [1.82, 2.24) is 0 Å². The van der Waals surface area contributed by atoms with Crippen molar-refractivity contribution < 1.29 is 45.4 Å². The van der Waals surface area contributed by atoms with Gasteiger partial charge in [-0.2, -0.15) is 0 Å². The summed E-state index contributed by atoms with van der Waals surface area (Å²) in [5.74, 6) is -0.479. The molecule has 4 heteroatoms. The van der Waals surface area contributed by atoms with E-state index in [0.29, 0.717) is 0 Å². The Hall–Kier alpha value is 0.627. The minimum atomic E-state index is -1.64. The van der Waals surface area contributed by atoms with Gasteiger partial charge in [0.25, 0.3) is 0 Å². The molecule has 0 nitrogen and oxygen atoms in total.